The van der Waals surface area contributed by atoms with Gasteiger partial charge in [-0.05, 0) is 18.2 Å². The smallest absolute Gasteiger partial charge is 0.267 e. The third-order valence-corrected chi connectivity index (χ3v) is 5.54. The van der Waals surface area contributed by atoms with Crippen LogP contribution in [-0.2, 0) is 16.1 Å². The van der Waals surface area contributed by atoms with Crippen LogP contribution in [-0.4, -0.2) is 42.4 Å². The molecule has 0 aliphatic carbocycles. The highest BCUT2D eigenvalue weighted by Crippen LogP contribution is 2.43. The maximum absolute atomic E-state index is 13.3. The lowest BCUT2D eigenvalue weighted by molar-refractivity contribution is -0.133. The van der Waals surface area contributed by atoms with Crippen LogP contribution in [0.15, 0.2) is 48.5 Å². The van der Waals surface area contributed by atoms with Gasteiger partial charge in [0, 0.05) is 32.0 Å². The number of nitrogens with one attached hydrogen (secondary N) is 1. The summed E-state index contributed by atoms with van der Waals surface area (Å²) >= 11 is 0. The van der Waals surface area contributed by atoms with E-state index in [0.717, 1.165) is 5.56 Å². The van der Waals surface area contributed by atoms with E-state index in [9.17, 15) is 14.4 Å². The van der Waals surface area contributed by atoms with Crippen molar-refractivity contribution in [1.29, 1.82) is 0 Å². The molecule has 0 saturated carbocycles. The summed E-state index contributed by atoms with van der Waals surface area (Å²) in [6.45, 7) is 0.232. The van der Waals surface area contributed by atoms with Crippen LogP contribution in [0, 0.1) is 0 Å². The lowest BCUT2D eigenvalue weighted by Crippen LogP contribution is -2.69. The first-order valence-electron chi connectivity index (χ1n) is 9.11. The summed E-state index contributed by atoms with van der Waals surface area (Å²) in [6, 6.07) is 14.3. The SMILES string of the molecule is COc1ccccc1CNC(=O)C12CCC(=O)N1c1ccccc1C(=O)N2C. The zero-order valence-electron chi connectivity index (χ0n) is 15.8. The normalized spacial score (nSPS) is 20.6. The summed E-state index contributed by atoms with van der Waals surface area (Å²) in [5.41, 5.74) is 0.370. The van der Waals surface area contributed by atoms with Gasteiger partial charge in [-0.15, -0.1) is 0 Å². The molecule has 3 amide bonds. The van der Waals surface area contributed by atoms with Crippen LogP contribution in [0.1, 0.15) is 28.8 Å². The minimum atomic E-state index is -1.36. The minimum Gasteiger partial charge on any atom is -0.496 e. The molecule has 144 valence electrons. The van der Waals surface area contributed by atoms with Crippen LogP contribution >= 0.6 is 0 Å². The maximum Gasteiger partial charge on any atom is 0.267 e. The molecular weight excluding hydrogens is 358 g/mol. The lowest BCUT2D eigenvalue weighted by atomic mass is 9.96. The number of methoxy groups -OCH3 is 1. The molecular formula is C21H21N3O4. The molecule has 0 bridgehead atoms. The van der Waals surface area contributed by atoms with Gasteiger partial charge in [-0.3, -0.25) is 19.3 Å². The van der Waals surface area contributed by atoms with Crippen LogP contribution in [0.3, 0.4) is 0 Å². The Bertz CT molecular complexity index is 974. The molecule has 1 saturated heterocycles. The molecule has 0 radical (unpaired) electrons. The van der Waals surface area contributed by atoms with Crippen LogP contribution in [0.25, 0.3) is 0 Å². The number of rotatable bonds is 4. The Balaban J connectivity index is 1.70. The summed E-state index contributed by atoms with van der Waals surface area (Å²) in [6.07, 6.45) is 0.453. The van der Waals surface area contributed by atoms with Gasteiger partial charge in [0.05, 0.1) is 18.4 Å². The van der Waals surface area contributed by atoms with Gasteiger partial charge in [-0.2, -0.15) is 0 Å². The Labute approximate surface area is 162 Å². The van der Waals surface area contributed by atoms with Crippen LogP contribution < -0.4 is 15.0 Å². The highest BCUT2D eigenvalue weighted by Gasteiger charge is 2.59. The van der Waals surface area contributed by atoms with Crippen molar-refractivity contribution in [2.45, 2.75) is 25.0 Å². The summed E-state index contributed by atoms with van der Waals surface area (Å²) < 4.78 is 5.33. The first kappa shape index (κ1) is 18.0. The van der Waals surface area contributed by atoms with Gasteiger partial charge in [-0.1, -0.05) is 30.3 Å². The van der Waals surface area contributed by atoms with E-state index in [1.54, 1.807) is 38.4 Å². The number of benzene rings is 2. The van der Waals surface area contributed by atoms with Gasteiger partial charge >= 0.3 is 0 Å². The number of amides is 3. The van der Waals surface area contributed by atoms with Crippen molar-refractivity contribution < 1.29 is 19.1 Å². The average molecular weight is 379 g/mol. The van der Waals surface area contributed by atoms with Crippen molar-refractivity contribution in [1.82, 2.24) is 10.2 Å². The van der Waals surface area contributed by atoms with E-state index in [0.29, 0.717) is 17.0 Å². The molecule has 1 fully saturated rings. The quantitative estimate of drug-likeness (QED) is 0.880. The topological polar surface area (TPSA) is 79.0 Å². The molecule has 0 spiro atoms. The van der Waals surface area contributed by atoms with Crippen molar-refractivity contribution in [3.8, 4) is 5.75 Å². The predicted molar refractivity (Wildman–Crippen MR) is 103 cm³/mol. The fourth-order valence-electron chi connectivity index (χ4n) is 4.09. The van der Waals surface area contributed by atoms with Gasteiger partial charge < -0.3 is 15.0 Å². The number of carbonyl (C=O) groups excluding carboxylic acids is 3. The molecule has 2 aliphatic heterocycles. The summed E-state index contributed by atoms with van der Waals surface area (Å²) in [7, 11) is 3.15. The number of carbonyl (C=O) groups is 3. The number of fused-ring (bicyclic) bond motifs is 3. The Morgan fingerprint density at radius 1 is 1.14 bits per heavy atom. The number of likely N-dealkylation sites (N-methyl/N-ethyl adjacent to an activating group) is 1. The van der Waals surface area contributed by atoms with Crippen molar-refractivity contribution in [3.05, 3.63) is 59.7 Å². The van der Waals surface area contributed by atoms with Gasteiger partial charge in [0.1, 0.15) is 5.75 Å². The zero-order valence-corrected chi connectivity index (χ0v) is 15.8. The van der Waals surface area contributed by atoms with E-state index in [1.807, 2.05) is 24.3 Å². The molecule has 28 heavy (non-hydrogen) atoms. The third-order valence-electron chi connectivity index (χ3n) is 5.54. The van der Waals surface area contributed by atoms with Crippen LogP contribution in [0.5, 0.6) is 5.75 Å². The number of nitrogens with zero attached hydrogens (tertiary/aromatic N) is 2. The second-order valence-electron chi connectivity index (χ2n) is 6.92. The van der Waals surface area contributed by atoms with E-state index in [2.05, 4.69) is 5.32 Å². The fourth-order valence-corrected chi connectivity index (χ4v) is 4.09. The van der Waals surface area contributed by atoms with E-state index in [1.165, 1.54) is 9.80 Å². The van der Waals surface area contributed by atoms with E-state index < -0.39 is 5.66 Å². The van der Waals surface area contributed by atoms with Crippen molar-refractivity contribution in [2.75, 3.05) is 19.1 Å². The average Bonchev–Trinajstić information content (AvgIpc) is 3.09. The summed E-state index contributed by atoms with van der Waals surface area (Å²) in [5.74, 6) is -0.152. The fraction of sp³-hybridized carbons (Fsp3) is 0.286. The second-order valence-corrected chi connectivity index (χ2v) is 6.92. The maximum atomic E-state index is 13.3. The molecule has 2 aromatic carbocycles. The van der Waals surface area contributed by atoms with Crippen molar-refractivity contribution in [3.63, 3.8) is 0 Å². The van der Waals surface area contributed by atoms with Gasteiger partial charge in [0.2, 0.25) is 11.6 Å². The molecule has 1 N–H and O–H groups in total. The molecule has 7 nitrogen and oxygen atoms in total. The van der Waals surface area contributed by atoms with Gasteiger partial charge in [0.25, 0.3) is 11.8 Å². The number of hydrogen-bond donors (Lipinski definition) is 1. The first-order valence-corrected chi connectivity index (χ1v) is 9.11. The Kier molecular flexibility index (Phi) is 4.30. The zero-order chi connectivity index (χ0) is 19.9. The summed E-state index contributed by atoms with van der Waals surface area (Å²) in [5, 5.41) is 2.90. The molecule has 0 aromatic heterocycles. The molecule has 4 rings (SSSR count). The van der Waals surface area contributed by atoms with Gasteiger partial charge in [0.15, 0.2) is 0 Å². The minimum absolute atomic E-state index is 0.167. The molecule has 1 unspecified atom stereocenters. The monoisotopic (exact) mass is 379 g/mol. The van der Waals surface area contributed by atoms with Crippen LogP contribution in [0.2, 0.25) is 0 Å². The number of hydrogen-bond acceptors (Lipinski definition) is 4. The first-order chi connectivity index (χ1) is 13.5. The molecule has 2 heterocycles. The van der Waals surface area contributed by atoms with E-state index in [-0.39, 0.29) is 37.1 Å². The predicted octanol–water partition coefficient (Wildman–Crippen LogP) is 1.92. The number of anilines is 1. The molecule has 2 aromatic rings. The molecule has 7 heteroatoms. The van der Waals surface area contributed by atoms with Crippen molar-refractivity contribution in [2.24, 2.45) is 0 Å². The second kappa shape index (κ2) is 6.67. The Morgan fingerprint density at radius 2 is 1.86 bits per heavy atom. The third kappa shape index (κ3) is 2.46. The molecule has 2 aliphatic rings. The lowest BCUT2D eigenvalue weighted by Gasteiger charge is -2.47. The number of para-hydroxylation sites is 2. The number of ether oxygens (including phenoxy) is 1. The molecule has 1 atom stereocenters. The standard InChI is InChI=1S/C21H21N3O4/c1-23-19(26)15-8-4-5-9-16(15)24-18(25)11-12-21(23,24)20(27)22-13-14-7-3-6-10-17(14)28-2/h3-10H,11-13H2,1-2H3,(H,22,27). The highest BCUT2D eigenvalue weighted by molar-refractivity contribution is 6.16. The van der Waals surface area contributed by atoms with Gasteiger partial charge in [-0.25, -0.2) is 0 Å². The van der Waals surface area contributed by atoms with Crippen molar-refractivity contribution >= 4 is 23.4 Å². The summed E-state index contributed by atoms with van der Waals surface area (Å²) in [4.78, 5) is 41.8. The largest absolute Gasteiger partial charge is 0.496 e. The van der Waals surface area contributed by atoms with Crippen LogP contribution in [0.4, 0.5) is 5.69 Å². The Morgan fingerprint density at radius 3 is 2.64 bits per heavy atom. The van der Waals surface area contributed by atoms with E-state index in [4.69, 9.17) is 4.74 Å². The Hall–Kier alpha value is -3.35. The van der Waals surface area contributed by atoms with E-state index >= 15 is 0 Å². The highest BCUT2D eigenvalue weighted by atomic mass is 16.5.